The van der Waals surface area contributed by atoms with Crippen LogP contribution in [0.25, 0.3) is 0 Å². The number of nitrogens with one attached hydrogen (secondary N) is 1. The minimum absolute atomic E-state index is 0.0159. The largest absolute Gasteiger partial charge is 0.462 e. The monoisotopic (exact) mass is 416 g/mol. The maximum absolute atomic E-state index is 12.5. The molecule has 0 saturated carbocycles. The first-order chi connectivity index (χ1) is 13.9. The molecule has 3 rings (SSSR count). The Morgan fingerprint density at radius 3 is 2.48 bits per heavy atom. The van der Waals surface area contributed by atoms with E-state index in [9.17, 15) is 22.8 Å². The second-order valence-electron chi connectivity index (χ2n) is 6.30. The van der Waals surface area contributed by atoms with Crippen LogP contribution in [0.5, 0.6) is 0 Å². The number of esters is 1. The number of anilines is 1. The molecule has 0 radical (unpaired) electrons. The lowest BCUT2D eigenvalue weighted by molar-refractivity contribution is -0.116. The first kappa shape index (κ1) is 20.5. The summed E-state index contributed by atoms with van der Waals surface area (Å²) in [4.78, 5) is 36.6. The fourth-order valence-electron chi connectivity index (χ4n) is 3.03. The number of para-hydroxylation sites is 1. The maximum Gasteiger partial charge on any atom is 0.340 e. The molecule has 2 aromatic rings. The molecular weight excluding hydrogens is 396 g/mol. The second-order valence-corrected chi connectivity index (χ2v) is 8.13. The summed E-state index contributed by atoms with van der Waals surface area (Å²) in [6, 6.07) is 12.5. The van der Waals surface area contributed by atoms with Crippen LogP contribution >= 0.6 is 0 Å². The van der Waals surface area contributed by atoms with E-state index in [-0.39, 0.29) is 42.0 Å². The minimum atomic E-state index is -3.89. The fraction of sp³-hybridized carbons (Fsp3) is 0.250. The first-order valence-corrected chi connectivity index (χ1v) is 10.5. The number of carbonyl (C=O) groups is 3. The number of benzene rings is 2. The molecule has 152 valence electrons. The van der Waals surface area contributed by atoms with Crippen molar-refractivity contribution in [3.05, 3.63) is 59.7 Å². The van der Waals surface area contributed by atoms with Crippen LogP contribution in [0.3, 0.4) is 0 Å². The van der Waals surface area contributed by atoms with Gasteiger partial charge >= 0.3 is 5.97 Å². The lowest BCUT2D eigenvalue weighted by Gasteiger charge is -2.15. The Balaban J connectivity index is 1.61. The van der Waals surface area contributed by atoms with Crippen LogP contribution in [-0.2, 0) is 19.6 Å². The summed E-state index contributed by atoms with van der Waals surface area (Å²) in [6.45, 7) is 1.79. The lowest BCUT2D eigenvalue weighted by atomic mass is 10.1. The van der Waals surface area contributed by atoms with E-state index in [0.717, 1.165) is 4.31 Å². The Kier molecular flexibility index (Phi) is 5.97. The highest BCUT2D eigenvalue weighted by molar-refractivity contribution is 7.90. The summed E-state index contributed by atoms with van der Waals surface area (Å²) in [5, 5.41) is 2.63. The van der Waals surface area contributed by atoms with Gasteiger partial charge in [0.1, 0.15) is 4.90 Å². The molecule has 2 amide bonds. The number of carbonyl (C=O) groups excluding carboxylic acids is 3. The molecule has 29 heavy (non-hydrogen) atoms. The van der Waals surface area contributed by atoms with E-state index in [4.69, 9.17) is 4.74 Å². The van der Waals surface area contributed by atoms with E-state index in [1.807, 2.05) is 0 Å². The van der Waals surface area contributed by atoms with Gasteiger partial charge in [0.15, 0.2) is 0 Å². The van der Waals surface area contributed by atoms with Gasteiger partial charge in [0.05, 0.1) is 23.4 Å². The third kappa shape index (κ3) is 4.14. The topological polar surface area (TPSA) is 110 Å². The van der Waals surface area contributed by atoms with Gasteiger partial charge in [-0.2, -0.15) is 0 Å². The van der Waals surface area contributed by atoms with Crippen molar-refractivity contribution in [1.82, 2.24) is 4.31 Å². The van der Waals surface area contributed by atoms with Crippen molar-refractivity contribution in [2.45, 2.75) is 24.7 Å². The van der Waals surface area contributed by atoms with Gasteiger partial charge in [-0.3, -0.25) is 9.59 Å². The Labute approximate surface area is 168 Å². The van der Waals surface area contributed by atoms with Crippen LogP contribution in [-0.4, -0.2) is 43.7 Å². The van der Waals surface area contributed by atoms with Crippen LogP contribution in [0.15, 0.2) is 53.4 Å². The zero-order valence-corrected chi connectivity index (χ0v) is 16.6. The summed E-state index contributed by atoms with van der Waals surface area (Å²) < 4.78 is 30.7. The van der Waals surface area contributed by atoms with Crippen molar-refractivity contribution in [3.8, 4) is 0 Å². The molecule has 1 aliphatic rings. The number of hydrogen-bond donors (Lipinski definition) is 1. The van der Waals surface area contributed by atoms with Gasteiger partial charge in [-0.25, -0.2) is 17.5 Å². The van der Waals surface area contributed by atoms with Crippen LogP contribution < -0.4 is 5.32 Å². The third-order valence-corrected chi connectivity index (χ3v) is 6.21. The smallest absolute Gasteiger partial charge is 0.340 e. The van der Waals surface area contributed by atoms with Crippen LogP contribution in [0.1, 0.15) is 40.5 Å². The van der Waals surface area contributed by atoms with E-state index < -0.39 is 27.8 Å². The SMILES string of the molecule is CCOC(=O)c1ccccc1NC(=O)CCCN1C(=O)c2ccccc2S1(=O)=O. The lowest BCUT2D eigenvalue weighted by Crippen LogP contribution is -2.31. The predicted molar refractivity (Wildman–Crippen MR) is 105 cm³/mol. The molecular formula is C20H20N2O6S. The van der Waals surface area contributed by atoms with Crippen molar-refractivity contribution >= 4 is 33.5 Å². The molecule has 0 fully saturated rings. The van der Waals surface area contributed by atoms with Crippen molar-refractivity contribution in [3.63, 3.8) is 0 Å². The summed E-state index contributed by atoms with van der Waals surface area (Å²) in [6.07, 6.45) is 0.124. The van der Waals surface area contributed by atoms with E-state index in [1.165, 1.54) is 12.1 Å². The highest BCUT2D eigenvalue weighted by Gasteiger charge is 2.40. The van der Waals surface area contributed by atoms with Crippen LogP contribution in [0.2, 0.25) is 0 Å². The number of nitrogens with zero attached hydrogens (tertiary/aromatic N) is 1. The number of hydrogen-bond acceptors (Lipinski definition) is 6. The second kappa shape index (κ2) is 8.44. The normalized spacial score (nSPS) is 14.4. The molecule has 0 bridgehead atoms. The number of fused-ring (bicyclic) bond motifs is 1. The maximum atomic E-state index is 12.5. The van der Waals surface area contributed by atoms with Gasteiger partial charge in [0, 0.05) is 13.0 Å². The van der Waals surface area contributed by atoms with E-state index in [2.05, 4.69) is 5.32 Å². The average molecular weight is 416 g/mol. The third-order valence-electron chi connectivity index (χ3n) is 4.37. The molecule has 1 heterocycles. The predicted octanol–water partition coefficient (Wildman–Crippen LogP) is 2.43. The molecule has 0 saturated heterocycles. The van der Waals surface area contributed by atoms with Gasteiger partial charge < -0.3 is 10.1 Å². The summed E-state index contributed by atoms with van der Waals surface area (Å²) in [5.41, 5.74) is 0.684. The van der Waals surface area contributed by atoms with Gasteiger partial charge in [0.2, 0.25) is 5.91 Å². The van der Waals surface area contributed by atoms with Crippen molar-refractivity contribution in [2.75, 3.05) is 18.5 Å². The zero-order valence-electron chi connectivity index (χ0n) is 15.8. The number of sulfonamides is 1. The molecule has 2 aromatic carbocycles. The van der Waals surface area contributed by atoms with Crippen molar-refractivity contribution < 1.29 is 27.5 Å². The Morgan fingerprint density at radius 2 is 1.76 bits per heavy atom. The highest BCUT2D eigenvalue weighted by atomic mass is 32.2. The fourth-order valence-corrected chi connectivity index (χ4v) is 4.63. The van der Waals surface area contributed by atoms with Crippen molar-refractivity contribution in [2.24, 2.45) is 0 Å². The van der Waals surface area contributed by atoms with Gasteiger partial charge in [-0.15, -0.1) is 0 Å². The quantitative estimate of drug-likeness (QED) is 0.694. The van der Waals surface area contributed by atoms with Gasteiger partial charge in [0.25, 0.3) is 15.9 Å². The molecule has 0 aromatic heterocycles. The summed E-state index contributed by atoms with van der Waals surface area (Å²) >= 11 is 0. The Morgan fingerprint density at radius 1 is 1.07 bits per heavy atom. The van der Waals surface area contributed by atoms with Gasteiger partial charge in [-0.05, 0) is 37.6 Å². The molecule has 0 spiro atoms. The van der Waals surface area contributed by atoms with E-state index in [1.54, 1.807) is 43.3 Å². The standard InChI is InChI=1S/C20H20N2O6S/c1-2-28-20(25)14-8-3-5-10-16(14)21-18(23)12-7-13-22-19(24)15-9-4-6-11-17(15)29(22,26)27/h3-6,8-11H,2,7,12-13H2,1H3,(H,21,23). The van der Waals surface area contributed by atoms with Crippen molar-refractivity contribution in [1.29, 1.82) is 0 Å². The number of rotatable bonds is 7. The zero-order chi connectivity index (χ0) is 21.0. The number of ether oxygens (including phenoxy) is 1. The Hall–Kier alpha value is -3.20. The number of amides is 2. The average Bonchev–Trinajstić information content (AvgIpc) is 2.89. The Bertz CT molecular complexity index is 1060. The van der Waals surface area contributed by atoms with Crippen LogP contribution in [0, 0.1) is 0 Å². The minimum Gasteiger partial charge on any atom is -0.462 e. The highest BCUT2D eigenvalue weighted by Crippen LogP contribution is 2.30. The molecule has 0 unspecified atom stereocenters. The molecule has 8 nitrogen and oxygen atoms in total. The van der Waals surface area contributed by atoms with E-state index in [0.29, 0.717) is 5.69 Å². The van der Waals surface area contributed by atoms with Gasteiger partial charge in [-0.1, -0.05) is 24.3 Å². The molecule has 1 N–H and O–H groups in total. The molecule has 0 atom stereocenters. The summed E-state index contributed by atoms with van der Waals surface area (Å²) in [5.74, 6) is -1.54. The summed E-state index contributed by atoms with van der Waals surface area (Å²) in [7, 11) is -3.89. The molecule has 0 aliphatic carbocycles. The molecule has 9 heteroatoms. The first-order valence-electron chi connectivity index (χ1n) is 9.08. The van der Waals surface area contributed by atoms with E-state index >= 15 is 0 Å². The molecule has 1 aliphatic heterocycles. The van der Waals surface area contributed by atoms with Crippen LogP contribution in [0.4, 0.5) is 5.69 Å².